The van der Waals surface area contributed by atoms with Crippen molar-refractivity contribution in [3.8, 4) is 0 Å². The van der Waals surface area contributed by atoms with Crippen molar-refractivity contribution in [2.75, 3.05) is 5.32 Å². The molecule has 0 aliphatic rings. The molecule has 3 rings (SSSR count). The van der Waals surface area contributed by atoms with Crippen molar-refractivity contribution in [1.29, 1.82) is 0 Å². The molecule has 3 aromatic rings. The van der Waals surface area contributed by atoms with Crippen molar-refractivity contribution in [2.45, 2.75) is 38.3 Å². The molecule has 0 saturated heterocycles. The van der Waals surface area contributed by atoms with E-state index in [9.17, 15) is 18.0 Å². The smallest absolute Gasteiger partial charge is 0.324 e. The number of amides is 1. The van der Waals surface area contributed by atoms with Gasteiger partial charge in [0.1, 0.15) is 28.6 Å². The number of carbonyl (C=O) groups excluding carboxylic acids is 2. The summed E-state index contributed by atoms with van der Waals surface area (Å²) in [5, 5.41) is 4.57. The molecule has 1 atom stereocenters. The number of hydrogen-bond acceptors (Lipinski definition) is 10. The van der Waals surface area contributed by atoms with E-state index in [-0.39, 0.29) is 28.8 Å². The maximum Gasteiger partial charge on any atom is 0.324 e. The third-order valence-electron chi connectivity index (χ3n) is 3.94. The molecule has 2 N–H and O–H groups in total. The Bertz CT molecular complexity index is 1170. The molecule has 10 nitrogen and oxygen atoms in total. The van der Waals surface area contributed by atoms with Crippen LogP contribution in [0.15, 0.2) is 28.5 Å². The highest BCUT2D eigenvalue weighted by atomic mass is 32.2. The summed E-state index contributed by atoms with van der Waals surface area (Å²) in [6.45, 7) is 4.63. The minimum absolute atomic E-state index is 0.0494. The highest BCUT2D eigenvalue weighted by Gasteiger charge is 2.31. The van der Waals surface area contributed by atoms with Gasteiger partial charge in [-0.1, -0.05) is 19.9 Å². The number of nitrogens with one attached hydrogen (secondary N) is 2. The Morgan fingerprint density at radius 2 is 2.00 bits per heavy atom. The summed E-state index contributed by atoms with van der Waals surface area (Å²) in [4.78, 5) is 27.7. The van der Waals surface area contributed by atoms with Gasteiger partial charge in [-0.15, -0.1) is 11.3 Å². The van der Waals surface area contributed by atoms with Crippen LogP contribution in [-0.2, 0) is 31.0 Å². The summed E-state index contributed by atoms with van der Waals surface area (Å²) >= 11 is 2.11. The Balaban J connectivity index is 1.72. The summed E-state index contributed by atoms with van der Waals surface area (Å²) in [6.07, 6.45) is 0. The highest BCUT2D eigenvalue weighted by Crippen LogP contribution is 2.22. The molecule has 0 bridgehead atoms. The first-order chi connectivity index (χ1) is 14.2. The molecule has 1 amide bonds. The molecule has 0 saturated carbocycles. The van der Waals surface area contributed by atoms with E-state index in [1.54, 1.807) is 31.4 Å². The molecule has 13 heteroatoms. The number of ether oxygens (including phenoxy) is 1. The van der Waals surface area contributed by atoms with E-state index in [1.807, 2.05) is 0 Å². The zero-order chi connectivity index (χ0) is 21.9. The van der Waals surface area contributed by atoms with Crippen LogP contribution in [0, 0.1) is 5.92 Å². The molecule has 0 aliphatic carbocycles. The highest BCUT2D eigenvalue weighted by molar-refractivity contribution is 7.89. The summed E-state index contributed by atoms with van der Waals surface area (Å²) in [5.41, 5.74) is 1.16. The maximum atomic E-state index is 12.9. The number of hydrogen-bond donors (Lipinski definition) is 2. The molecule has 30 heavy (non-hydrogen) atoms. The minimum Gasteiger partial charge on any atom is -0.458 e. The first kappa shape index (κ1) is 22.2. The van der Waals surface area contributed by atoms with Crippen LogP contribution < -0.4 is 10.0 Å². The van der Waals surface area contributed by atoms with Gasteiger partial charge >= 0.3 is 5.97 Å². The molecule has 2 aromatic heterocycles. The Morgan fingerprint density at radius 1 is 1.23 bits per heavy atom. The molecular formula is C17H19N5O5S3. The molecule has 2 heterocycles. The van der Waals surface area contributed by atoms with Gasteiger partial charge in [0.25, 0.3) is 0 Å². The van der Waals surface area contributed by atoms with Crippen LogP contribution >= 0.6 is 23.1 Å². The monoisotopic (exact) mass is 469 g/mol. The van der Waals surface area contributed by atoms with Gasteiger partial charge in [0.05, 0.1) is 17.4 Å². The van der Waals surface area contributed by atoms with Crippen LogP contribution in [0.2, 0.25) is 0 Å². The Labute approximate surface area is 181 Å². The number of benzene rings is 1. The second kappa shape index (κ2) is 9.12. The Morgan fingerprint density at radius 3 is 2.70 bits per heavy atom. The lowest BCUT2D eigenvalue weighted by Gasteiger charge is -2.20. The van der Waals surface area contributed by atoms with Crippen LogP contribution in [0.1, 0.15) is 26.5 Å². The molecule has 0 spiro atoms. The lowest BCUT2D eigenvalue weighted by Crippen LogP contribution is -2.45. The van der Waals surface area contributed by atoms with E-state index >= 15 is 0 Å². The van der Waals surface area contributed by atoms with Crippen molar-refractivity contribution in [2.24, 2.45) is 5.92 Å². The largest absolute Gasteiger partial charge is 0.458 e. The second-order valence-electron chi connectivity index (χ2n) is 6.66. The van der Waals surface area contributed by atoms with Crippen molar-refractivity contribution in [3.63, 3.8) is 0 Å². The molecule has 0 aliphatic heterocycles. The summed E-state index contributed by atoms with van der Waals surface area (Å²) in [7, 11) is -4.05. The molecule has 1 aromatic carbocycles. The van der Waals surface area contributed by atoms with E-state index in [1.165, 1.54) is 24.3 Å². The topological polar surface area (TPSA) is 140 Å². The first-order valence-corrected chi connectivity index (χ1v) is 11.9. The fourth-order valence-corrected chi connectivity index (χ4v) is 5.34. The van der Waals surface area contributed by atoms with Gasteiger partial charge in [0.15, 0.2) is 5.13 Å². The summed E-state index contributed by atoms with van der Waals surface area (Å²) < 4.78 is 41.6. The fraction of sp³-hybridized carbons (Fsp3) is 0.353. The lowest BCUT2D eigenvalue weighted by molar-refractivity contribution is -0.148. The number of anilines is 1. The van der Waals surface area contributed by atoms with Gasteiger partial charge in [0.2, 0.25) is 15.9 Å². The van der Waals surface area contributed by atoms with Gasteiger partial charge in [-0.2, -0.15) is 13.5 Å². The standard InChI is InChI=1S/C17H19N5O5S3/c1-9(2)14(16(24)27-7-11-8-28-17(19-11)18-10(3)23)22-30(25,26)13-6-4-5-12-15(13)21-29-20-12/h4-6,8-9,14,22H,7H2,1-3H3,(H,18,19,23). The molecule has 0 radical (unpaired) electrons. The zero-order valence-electron chi connectivity index (χ0n) is 16.3. The normalized spacial score (nSPS) is 12.8. The zero-order valence-corrected chi connectivity index (χ0v) is 18.7. The van der Waals surface area contributed by atoms with Gasteiger partial charge in [-0.05, 0) is 18.1 Å². The molecule has 1 unspecified atom stereocenters. The predicted octanol–water partition coefficient (Wildman–Crippen LogP) is 2.15. The Hall–Kier alpha value is -2.48. The number of rotatable bonds is 8. The average molecular weight is 470 g/mol. The van der Waals surface area contributed by atoms with Crippen molar-refractivity contribution in [1.82, 2.24) is 18.5 Å². The quantitative estimate of drug-likeness (QED) is 0.478. The van der Waals surface area contributed by atoms with E-state index in [4.69, 9.17) is 4.74 Å². The lowest BCUT2D eigenvalue weighted by atomic mass is 10.1. The van der Waals surface area contributed by atoms with Gasteiger partial charge in [0, 0.05) is 12.3 Å². The summed E-state index contributed by atoms with van der Waals surface area (Å²) in [5.74, 6) is -1.36. The van der Waals surface area contributed by atoms with Crippen LogP contribution in [-0.4, -0.2) is 40.1 Å². The van der Waals surface area contributed by atoms with Crippen LogP contribution in [0.4, 0.5) is 5.13 Å². The van der Waals surface area contributed by atoms with E-state index < -0.39 is 22.0 Å². The van der Waals surface area contributed by atoms with E-state index in [0.29, 0.717) is 16.3 Å². The summed E-state index contributed by atoms with van der Waals surface area (Å²) in [6, 6.07) is 3.53. The van der Waals surface area contributed by atoms with Gasteiger partial charge in [-0.3, -0.25) is 9.59 Å². The van der Waals surface area contributed by atoms with Gasteiger partial charge in [-0.25, -0.2) is 13.4 Å². The number of nitrogens with zero attached hydrogens (tertiary/aromatic N) is 3. The first-order valence-electron chi connectivity index (χ1n) is 8.79. The fourth-order valence-electron chi connectivity index (χ4n) is 2.50. The SMILES string of the molecule is CC(=O)Nc1nc(COC(=O)C(NS(=O)(=O)c2cccc3nsnc23)C(C)C)cs1. The molecule has 0 fully saturated rings. The van der Waals surface area contributed by atoms with Crippen molar-refractivity contribution < 1.29 is 22.7 Å². The van der Waals surface area contributed by atoms with Gasteiger partial charge < -0.3 is 10.1 Å². The number of sulfonamides is 1. The maximum absolute atomic E-state index is 12.9. The number of carbonyl (C=O) groups is 2. The number of thiazole rings is 1. The molecular weight excluding hydrogens is 450 g/mol. The number of fused-ring (bicyclic) bond motifs is 1. The van der Waals surface area contributed by atoms with Crippen LogP contribution in [0.25, 0.3) is 11.0 Å². The molecule has 160 valence electrons. The second-order valence-corrected chi connectivity index (χ2v) is 9.73. The van der Waals surface area contributed by atoms with E-state index in [0.717, 1.165) is 11.7 Å². The minimum atomic E-state index is -4.05. The van der Waals surface area contributed by atoms with Crippen LogP contribution in [0.5, 0.6) is 0 Å². The Kier molecular flexibility index (Phi) is 6.75. The van der Waals surface area contributed by atoms with Crippen LogP contribution in [0.3, 0.4) is 0 Å². The third kappa shape index (κ3) is 5.16. The number of esters is 1. The van der Waals surface area contributed by atoms with E-state index in [2.05, 4.69) is 23.8 Å². The number of aromatic nitrogens is 3. The average Bonchev–Trinajstić information content (AvgIpc) is 3.32. The predicted molar refractivity (Wildman–Crippen MR) is 113 cm³/mol. The third-order valence-corrected chi connectivity index (χ3v) is 6.76. The van der Waals surface area contributed by atoms with Crippen molar-refractivity contribution >= 4 is 61.1 Å². The van der Waals surface area contributed by atoms with Crippen molar-refractivity contribution in [3.05, 3.63) is 29.3 Å².